The summed E-state index contributed by atoms with van der Waals surface area (Å²) >= 11 is 0. The van der Waals surface area contributed by atoms with Gasteiger partial charge in [-0.2, -0.15) is 0 Å². The van der Waals surface area contributed by atoms with E-state index in [-0.39, 0.29) is 24.8 Å². The Morgan fingerprint density at radius 3 is 2.71 bits per heavy atom. The lowest BCUT2D eigenvalue weighted by molar-refractivity contribution is 0.214. The van der Waals surface area contributed by atoms with Crippen molar-refractivity contribution in [2.45, 2.75) is 37.9 Å². The van der Waals surface area contributed by atoms with Crippen molar-refractivity contribution in [3.05, 3.63) is 42.0 Å². The largest absolute Gasteiger partial charge is 0.299 e. The van der Waals surface area contributed by atoms with E-state index in [0.29, 0.717) is 0 Å². The van der Waals surface area contributed by atoms with E-state index in [0.717, 1.165) is 18.6 Å². The number of likely N-dealkylation sites (N-methyl/N-ethyl adjacent to an activating group) is 1. The summed E-state index contributed by atoms with van der Waals surface area (Å²) in [7, 11) is 2.31. The molecule has 118 valence electrons. The molecule has 0 aromatic heterocycles. The van der Waals surface area contributed by atoms with E-state index in [4.69, 9.17) is 0 Å². The molecular weight excluding hydrogens is 303 g/mol. The highest BCUT2D eigenvalue weighted by Crippen LogP contribution is 2.29. The second-order valence-corrected chi connectivity index (χ2v) is 6.02. The first-order valence-corrected chi connectivity index (χ1v) is 7.42. The van der Waals surface area contributed by atoms with Gasteiger partial charge >= 0.3 is 0 Å². The number of likely N-dealkylation sites (tertiary alicyclic amines) is 1. The highest BCUT2D eigenvalue weighted by Gasteiger charge is 2.34. The van der Waals surface area contributed by atoms with Crippen molar-refractivity contribution in [3.8, 4) is 0 Å². The molecule has 2 atom stereocenters. The van der Waals surface area contributed by atoms with Gasteiger partial charge in [0.15, 0.2) is 0 Å². The maximum absolute atomic E-state index is 3.85. The monoisotopic (exact) mass is 328 g/mol. The van der Waals surface area contributed by atoms with Crippen LogP contribution in [0.15, 0.2) is 30.8 Å². The Morgan fingerprint density at radius 2 is 1.95 bits per heavy atom. The van der Waals surface area contributed by atoms with Crippen molar-refractivity contribution < 1.29 is 0 Å². The van der Waals surface area contributed by atoms with E-state index in [1.165, 1.54) is 43.5 Å². The van der Waals surface area contributed by atoms with Crippen LogP contribution in [0.3, 0.4) is 0 Å². The number of halogens is 2. The van der Waals surface area contributed by atoms with Crippen molar-refractivity contribution >= 4 is 30.9 Å². The van der Waals surface area contributed by atoms with Crippen LogP contribution in [-0.2, 0) is 6.54 Å². The molecule has 1 aromatic carbocycles. The lowest BCUT2D eigenvalue weighted by Gasteiger charge is -2.25. The Bertz CT molecular complexity index is 464. The fraction of sp³-hybridized carbons (Fsp3) is 0.529. The Balaban J connectivity index is 0.00000110. The zero-order chi connectivity index (χ0) is 13.2. The van der Waals surface area contributed by atoms with Gasteiger partial charge in [-0.1, -0.05) is 36.9 Å². The lowest BCUT2D eigenvalue weighted by atomic mass is 10.1. The quantitative estimate of drug-likeness (QED) is 0.831. The van der Waals surface area contributed by atoms with E-state index in [1.54, 1.807) is 0 Å². The summed E-state index contributed by atoms with van der Waals surface area (Å²) in [6.45, 7) is 7.40. The zero-order valence-electron chi connectivity index (χ0n) is 12.7. The first-order valence-electron chi connectivity index (χ1n) is 7.42. The molecule has 0 spiro atoms. The fourth-order valence-corrected chi connectivity index (χ4v) is 3.60. The maximum atomic E-state index is 3.85. The molecule has 2 aliphatic heterocycles. The van der Waals surface area contributed by atoms with Crippen molar-refractivity contribution in [1.82, 2.24) is 9.80 Å². The molecule has 4 heteroatoms. The van der Waals surface area contributed by atoms with Crippen LogP contribution in [0, 0.1) is 0 Å². The van der Waals surface area contributed by atoms with Gasteiger partial charge in [-0.25, -0.2) is 0 Å². The van der Waals surface area contributed by atoms with Crippen LogP contribution in [0.2, 0.25) is 0 Å². The summed E-state index contributed by atoms with van der Waals surface area (Å²) in [5.74, 6) is 0. The Kier molecular flexibility index (Phi) is 7.22. The van der Waals surface area contributed by atoms with Crippen molar-refractivity contribution in [2.75, 3.05) is 20.1 Å². The highest BCUT2D eigenvalue weighted by atomic mass is 35.5. The molecule has 2 nitrogen and oxygen atoms in total. The Hall–Kier alpha value is -0.540. The van der Waals surface area contributed by atoms with Crippen LogP contribution in [-0.4, -0.2) is 42.0 Å². The topological polar surface area (TPSA) is 6.48 Å². The van der Waals surface area contributed by atoms with Crippen molar-refractivity contribution in [2.24, 2.45) is 0 Å². The third-order valence-electron chi connectivity index (χ3n) is 4.83. The minimum absolute atomic E-state index is 0. The number of hydrogen-bond donors (Lipinski definition) is 0. The molecular formula is C17H26Cl2N2. The Morgan fingerprint density at radius 1 is 1.19 bits per heavy atom. The summed E-state index contributed by atoms with van der Waals surface area (Å²) in [5.41, 5.74) is 2.64. The van der Waals surface area contributed by atoms with Gasteiger partial charge in [-0.05, 0) is 37.4 Å². The molecule has 3 rings (SSSR count). The van der Waals surface area contributed by atoms with E-state index < -0.39 is 0 Å². The lowest BCUT2D eigenvalue weighted by Crippen LogP contribution is -2.36. The van der Waals surface area contributed by atoms with Crippen LogP contribution < -0.4 is 0 Å². The van der Waals surface area contributed by atoms with E-state index in [2.05, 4.69) is 47.7 Å². The Labute approximate surface area is 141 Å². The van der Waals surface area contributed by atoms with Gasteiger partial charge in [-0.3, -0.25) is 9.80 Å². The molecule has 0 radical (unpaired) electrons. The average Bonchev–Trinajstić information content (AvgIpc) is 2.67. The molecule has 0 N–H and O–H groups in total. The van der Waals surface area contributed by atoms with Crippen LogP contribution in [0.4, 0.5) is 0 Å². The van der Waals surface area contributed by atoms with Gasteiger partial charge in [0, 0.05) is 31.7 Å². The third kappa shape index (κ3) is 4.23. The van der Waals surface area contributed by atoms with Gasteiger partial charge in [-0.15, -0.1) is 24.8 Å². The minimum atomic E-state index is 0. The van der Waals surface area contributed by atoms with Gasteiger partial charge in [0.05, 0.1) is 0 Å². The van der Waals surface area contributed by atoms with E-state index >= 15 is 0 Å². The second kappa shape index (κ2) is 8.19. The number of rotatable bonds is 3. The average molecular weight is 329 g/mol. The fourth-order valence-electron chi connectivity index (χ4n) is 3.60. The molecule has 2 aliphatic rings. The van der Waals surface area contributed by atoms with Crippen molar-refractivity contribution in [3.63, 3.8) is 0 Å². The number of nitrogens with zero attached hydrogens (tertiary/aromatic N) is 2. The smallest absolute Gasteiger partial charge is 0.0234 e. The summed E-state index contributed by atoms with van der Waals surface area (Å²) in [6, 6.07) is 10.4. The van der Waals surface area contributed by atoms with Gasteiger partial charge in [0.1, 0.15) is 0 Å². The number of benzene rings is 1. The van der Waals surface area contributed by atoms with Gasteiger partial charge < -0.3 is 0 Å². The predicted molar refractivity (Wildman–Crippen MR) is 95.5 cm³/mol. The normalized spacial score (nSPS) is 25.6. The van der Waals surface area contributed by atoms with E-state index in [1.807, 2.05) is 6.08 Å². The SMILES string of the molecule is C=Cc1cccc(CN2CC[C@@H]3CC[C@H](C2)N3C)c1.Cl.Cl. The van der Waals surface area contributed by atoms with Gasteiger partial charge in [0.2, 0.25) is 0 Å². The zero-order valence-corrected chi connectivity index (χ0v) is 14.3. The molecule has 0 aliphatic carbocycles. The first kappa shape index (κ1) is 18.5. The molecule has 2 bridgehead atoms. The first-order chi connectivity index (χ1) is 9.26. The van der Waals surface area contributed by atoms with Crippen LogP contribution in [0.25, 0.3) is 6.08 Å². The summed E-state index contributed by atoms with van der Waals surface area (Å²) < 4.78 is 0. The number of hydrogen-bond acceptors (Lipinski definition) is 2. The molecule has 21 heavy (non-hydrogen) atoms. The van der Waals surface area contributed by atoms with Crippen LogP contribution in [0.1, 0.15) is 30.4 Å². The third-order valence-corrected chi connectivity index (χ3v) is 4.83. The molecule has 2 saturated heterocycles. The highest BCUT2D eigenvalue weighted by molar-refractivity contribution is 5.85. The van der Waals surface area contributed by atoms with Crippen LogP contribution >= 0.6 is 24.8 Å². The van der Waals surface area contributed by atoms with Crippen molar-refractivity contribution in [1.29, 1.82) is 0 Å². The molecule has 0 unspecified atom stereocenters. The standard InChI is InChI=1S/C17H24N2.2ClH/c1-3-14-5-4-6-15(11-14)12-19-10-9-16-7-8-17(13-19)18(16)2;;/h3-6,11,16-17H,1,7-10,12-13H2,2H3;2*1H/t16-,17+;;/m0../s1. The second-order valence-electron chi connectivity index (χ2n) is 6.02. The molecule has 2 fully saturated rings. The van der Waals surface area contributed by atoms with Crippen LogP contribution in [0.5, 0.6) is 0 Å². The summed E-state index contributed by atoms with van der Waals surface area (Å²) in [6.07, 6.45) is 6.04. The van der Waals surface area contributed by atoms with Gasteiger partial charge in [0.25, 0.3) is 0 Å². The maximum Gasteiger partial charge on any atom is 0.0234 e. The summed E-state index contributed by atoms with van der Waals surface area (Å²) in [5, 5.41) is 0. The molecule has 0 amide bonds. The molecule has 0 saturated carbocycles. The summed E-state index contributed by atoms with van der Waals surface area (Å²) in [4.78, 5) is 5.24. The minimum Gasteiger partial charge on any atom is -0.299 e. The predicted octanol–water partition coefficient (Wildman–Crippen LogP) is 3.84. The number of fused-ring (bicyclic) bond motifs is 2. The molecule has 2 heterocycles. The molecule has 1 aromatic rings. The van der Waals surface area contributed by atoms with E-state index in [9.17, 15) is 0 Å².